The van der Waals surface area contributed by atoms with Gasteiger partial charge in [0.05, 0.1) is 12.1 Å². The van der Waals surface area contributed by atoms with Gasteiger partial charge in [0.1, 0.15) is 18.6 Å². The number of nitrogens with zero attached hydrogens (tertiary/aromatic N) is 1. The third kappa shape index (κ3) is 11.0. The lowest BCUT2D eigenvalue weighted by Gasteiger charge is -2.35. The van der Waals surface area contributed by atoms with Gasteiger partial charge in [-0.2, -0.15) is 0 Å². The molecule has 1 heterocycles. The molecule has 0 spiro atoms. The average Bonchev–Trinajstić information content (AvgIpc) is 3.26. The van der Waals surface area contributed by atoms with Crippen molar-refractivity contribution >= 4 is 35.5 Å². The number of likely N-dealkylation sites (tertiary alicyclic amines) is 1. The van der Waals surface area contributed by atoms with E-state index in [1.165, 1.54) is 11.0 Å². The van der Waals surface area contributed by atoms with Crippen molar-refractivity contribution in [2.75, 3.05) is 19.6 Å². The fraction of sp³-hybridized carbons (Fsp3) is 0.714. The Labute approximate surface area is 237 Å². The van der Waals surface area contributed by atoms with Crippen molar-refractivity contribution in [2.45, 2.75) is 98.4 Å². The van der Waals surface area contributed by atoms with Gasteiger partial charge in [-0.05, 0) is 38.0 Å². The summed E-state index contributed by atoms with van der Waals surface area (Å²) in [6.07, 6.45) is 3.13. The van der Waals surface area contributed by atoms with Crippen LogP contribution < -0.4 is 21.3 Å². The Bertz CT molecular complexity index is 944. The van der Waals surface area contributed by atoms with Crippen molar-refractivity contribution < 1.29 is 33.5 Å². The lowest BCUT2D eigenvalue weighted by molar-refractivity contribution is -0.146. The number of nitrogens with one attached hydrogen (secondary N) is 4. The van der Waals surface area contributed by atoms with Gasteiger partial charge in [-0.1, -0.05) is 53.5 Å². The number of hydrogen-bond donors (Lipinski definition) is 4. The van der Waals surface area contributed by atoms with Gasteiger partial charge in [-0.3, -0.25) is 24.0 Å². The Morgan fingerprint density at radius 2 is 1.73 bits per heavy atom. The molecule has 0 radical (unpaired) electrons. The summed E-state index contributed by atoms with van der Waals surface area (Å²) in [6, 6.07) is -3.65. The van der Waals surface area contributed by atoms with Gasteiger partial charge in [0.15, 0.2) is 0 Å². The molecule has 4 atom stereocenters. The zero-order valence-corrected chi connectivity index (χ0v) is 24.9. The smallest absolute Gasteiger partial charge is 0.325 e. The van der Waals surface area contributed by atoms with Crippen molar-refractivity contribution in [2.24, 2.45) is 11.3 Å². The van der Waals surface area contributed by atoms with Gasteiger partial charge < -0.3 is 30.9 Å². The zero-order valence-electron chi connectivity index (χ0n) is 24.9. The number of urea groups is 1. The molecule has 12 nitrogen and oxygen atoms in total. The number of Topliss-reactive ketones (excluding diaryl/α,β-unsaturated/α-hetero) is 1. The number of carbonyl (C=O) groups is 6. The zero-order chi connectivity index (χ0) is 30.6. The minimum absolute atomic E-state index is 0.0133. The summed E-state index contributed by atoms with van der Waals surface area (Å²) in [6.45, 7) is 16.1. The van der Waals surface area contributed by atoms with Crippen LogP contribution in [0.3, 0.4) is 0 Å². The van der Waals surface area contributed by atoms with E-state index in [0.717, 1.165) is 6.42 Å². The van der Waals surface area contributed by atoms with Crippen molar-refractivity contribution in [1.82, 2.24) is 26.2 Å². The molecule has 1 fully saturated rings. The number of hydrogen-bond acceptors (Lipinski definition) is 7. The van der Waals surface area contributed by atoms with E-state index in [2.05, 4.69) is 27.8 Å². The summed E-state index contributed by atoms with van der Waals surface area (Å²) in [5.41, 5.74) is -0.734. The third-order valence-electron chi connectivity index (χ3n) is 6.35. The molecule has 1 saturated heterocycles. The normalized spacial score (nSPS) is 18.4. The van der Waals surface area contributed by atoms with Gasteiger partial charge in [-0.15, -0.1) is 6.58 Å². The fourth-order valence-electron chi connectivity index (χ4n) is 4.35. The van der Waals surface area contributed by atoms with Crippen molar-refractivity contribution in [3.05, 3.63) is 12.7 Å². The maximum atomic E-state index is 13.8. The Morgan fingerprint density at radius 3 is 2.27 bits per heavy atom. The van der Waals surface area contributed by atoms with E-state index < -0.39 is 59.0 Å². The number of rotatable bonds is 14. The second-order valence-corrected chi connectivity index (χ2v) is 11.6. The summed E-state index contributed by atoms with van der Waals surface area (Å²) >= 11 is 0. The maximum Gasteiger partial charge on any atom is 0.325 e. The van der Waals surface area contributed by atoms with E-state index >= 15 is 0 Å². The van der Waals surface area contributed by atoms with Crippen LogP contribution in [0.1, 0.15) is 74.1 Å². The van der Waals surface area contributed by atoms with Crippen LogP contribution in [0.5, 0.6) is 0 Å². The molecule has 0 aromatic heterocycles. The highest BCUT2D eigenvalue weighted by Crippen LogP contribution is 2.28. The van der Waals surface area contributed by atoms with Crippen LogP contribution >= 0.6 is 0 Å². The molecule has 0 bridgehead atoms. The second-order valence-electron chi connectivity index (χ2n) is 11.6. The van der Waals surface area contributed by atoms with E-state index in [1.807, 2.05) is 13.8 Å². The van der Waals surface area contributed by atoms with Gasteiger partial charge in [0, 0.05) is 13.1 Å². The molecule has 40 heavy (non-hydrogen) atoms. The number of esters is 1. The van der Waals surface area contributed by atoms with Gasteiger partial charge >= 0.3 is 12.0 Å². The second kappa shape index (κ2) is 16.0. The summed E-state index contributed by atoms with van der Waals surface area (Å²) in [7, 11) is 0. The first-order valence-electron chi connectivity index (χ1n) is 13.9. The molecule has 1 aliphatic heterocycles. The van der Waals surface area contributed by atoms with Crippen LogP contribution in [0.2, 0.25) is 0 Å². The Kier molecular flexibility index (Phi) is 13.8. The molecule has 1 aliphatic rings. The van der Waals surface area contributed by atoms with Crippen molar-refractivity contribution in [3.8, 4) is 0 Å². The summed E-state index contributed by atoms with van der Waals surface area (Å²) < 4.78 is 5.01. The van der Waals surface area contributed by atoms with Gasteiger partial charge in [-0.25, -0.2) is 4.79 Å². The summed E-state index contributed by atoms with van der Waals surface area (Å²) in [5, 5.41) is 10.2. The number of carbonyl (C=O) groups excluding carboxylic acids is 6. The topological polar surface area (TPSA) is 163 Å². The number of ketones is 1. The van der Waals surface area contributed by atoms with E-state index in [-0.39, 0.29) is 38.1 Å². The molecule has 2 unspecified atom stereocenters. The average molecular weight is 566 g/mol. The molecule has 0 aromatic carbocycles. The van der Waals surface area contributed by atoms with Crippen LogP contribution in [0, 0.1) is 11.3 Å². The van der Waals surface area contributed by atoms with E-state index in [0.29, 0.717) is 12.8 Å². The van der Waals surface area contributed by atoms with Crippen LogP contribution in [0.4, 0.5) is 4.79 Å². The molecule has 0 aromatic rings. The van der Waals surface area contributed by atoms with Crippen molar-refractivity contribution in [3.63, 3.8) is 0 Å². The predicted octanol–water partition coefficient (Wildman–Crippen LogP) is 1.44. The molecule has 1 rings (SSSR count). The first kappa shape index (κ1) is 34.6. The molecule has 226 valence electrons. The van der Waals surface area contributed by atoms with E-state index in [1.54, 1.807) is 34.6 Å². The SMILES string of the molecule is C=CCNC(=O)C(=O)C(CCCC)NC(=O)[C@@H]1C[C@@H](C)CN1C(=O)C(NC(=O)NCC(=O)OC(C)C)C(C)(C)C. The summed E-state index contributed by atoms with van der Waals surface area (Å²) in [4.78, 5) is 78.1. The first-order valence-corrected chi connectivity index (χ1v) is 13.9. The number of unbranched alkanes of at least 4 members (excludes halogenated alkanes) is 1. The summed E-state index contributed by atoms with van der Waals surface area (Å²) in [5.74, 6) is -3.18. The highest BCUT2D eigenvalue weighted by atomic mass is 16.5. The third-order valence-corrected chi connectivity index (χ3v) is 6.35. The Morgan fingerprint density at radius 1 is 1.07 bits per heavy atom. The lowest BCUT2D eigenvalue weighted by atomic mass is 9.85. The molecular formula is C28H47N5O7. The monoisotopic (exact) mass is 565 g/mol. The standard InChI is InChI=1S/C28H47N5O7/c1-9-11-12-19(22(35)25(37)29-13-10-2)31-24(36)20-14-18(5)16-33(20)26(38)23(28(6,7)8)32-27(39)30-15-21(34)40-17(3)4/h10,17-20,23H,2,9,11-16H2,1,3-8H3,(H,29,37)(H,31,36)(H2,30,32,39)/t18-,19?,20+,23?/m1/s1. The minimum atomic E-state index is -1.03. The molecule has 0 saturated carbocycles. The van der Waals surface area contributed by atoms with Crippen LogP contribution in [0.25, 0.3) is 0 Å². The first-order chi connectivity index (χ1) is 18.6. The maximum absolute atomic E-state index is 13.8. The highest BCUT2D eigenvalue weighted by molar-refractivity contribution is 6.38. The fourth-order valence-corrected chi connectivity index (χ4v) is 4.35. The molecular weight excluding hydrogens is 518 g/mol. The van der Waals surface area contributed by atoms with Crippen LogP contribution in [0.15, 0.2) is 12.7 Å². The Balaban J connectivity index is 3.06. The molecule has 12 heteroatoms. The quantitative estimate of drug-likeness (QED) is 0.141. The van der Waals surface area contributed by atoms with E-state index in [9.17, 15) is 28.8 Å². The van der Waals surface area contributed by atoms with Crippen LogP contribution in [-0.2, 0) is 28.7 Å². The lowest BCUT2D eigenvalue weighted by Crippen LogP contribution is -2.60. The van der Waals surface area contributed by atoms with E-state index in [4.69, 9.17) is 4.74 Å². The van der Waals surface area contributed by atoms with Crippen LogP contribution in [-0.4, -0.2) is 84.3 Å². The predicted molar refractivity (Wildman–Crippen MR) is 150 cm³/mol. The number of ether oxygens (including phenoxy) is 1. The van der Waals surface area contributed by atoms with Gasteiger partial charge in [0.2, 0.25) is 17.6 Å². The minimum Gasteiger partial charge on any atom is -0.462 e. The van der Waals surface area contributed by atoms with Crippen molar-refractivity contribution in [1.29, 1.82) is 0 Å². The van der Waals surface area contributed by atoms with Gasteiger partial charge in [0.25, 0.3) is 5.91 Å². The number of amides is 5. The highest BCUT2D eigenvalue weighted by Gasteiger charge is 2.44. The molecule has 5 amide bonds. The largest absolute Gasteiger partial charge is 0.462 e. The molecule has 4 N–H and O–H groups in total. The molecule has 0 aliphatic carbocycles. The Hall–Kier alpha value is -3.44.